The lowest BCUT2D eigenvalue weighted by Crippen LogP contribution is -2.06. The van der Waals surface area contributed by atoms with E-state index >= 15 is 0 Å². The van der Waals surface area contributed by atoms with Crippen LogP contribution in [0, 0.1) is 13.8 Å². The first-order valence-corrected chi connectivity index (χ1v) is 6.92. The number of hydrogen-bond acceptors (Lipinski definition) is 4. The highest BCUT2D eigenvalue weighted by molar-refractivity contribution is 6.33. The van der Waals surface area contributed by atoms with Gasteiger partial charge in [-0.25, -0.2) is 9.67 Å². The van der Waals surface area contributed by atoms with Gasteiger partial charge < -0.3 is 5.32 Å². The van der Waals surface area contributed by atoms with Crippen molar-refractivity contribution in [2.24, 2.45) is 0 Å². The summed E-state index contributed by atoms with van der Waals surface area (Å²) in [5, 5.41) is 15.3. The molecule has 1 aromatic carbocycles. The molecule has 3 aromatic rings. The largest absolute Gasteiger partial charge is 0.379 e. The van der Waals surface area contributed by atoms with Crippen molar-refractivity contribution < 1.29 is 0 Å². The van der Waals surface area contributed by atoms with Crippen molar-refractivity contribution in [2.45, 2.75) is 20.4 Å². The molecule has 108 valence electrons. The highest BCUT2D eigenvalue weighted by atomic mass is 35.5. The van der Waals surface area contributed by atoms with E-state index in [1.807, 2.05) is 32.0 Å². The molecule has 0 spiro atoms. The third-order valence-electron chi connectivity index (χ3n) is 3.37. The minimum Gasteiger partial charge on any atom is -0.379 e. The van der Waals surface area contributed by atoms with Crippen LogP contribution in [0.3, 0.4) is 0 Å². The molecule has 0 fully saturated rings. The molecule has 2 N–H and O–H groups in total. The van der Waals surface area contributed by atoms with Gasteiger partial charge in [-0.3, -0.25) is 5.10 Å². The number of hydrogen-bond donors (Lipinski definition) is 2. The first-order valence-electron chi connectivity index (χ1n) is 6.54. The van der Waals surface area contributed by atoms with Crippen molar-refractivity contribution in [1.29, 1.82) is 0 Å². The minimum absolute atomic E-state index is 0.617. The van der Waals surface area contributed by atoms with Crippen LogP contribution in [0.25, 0.3) is 5.69 Å². The van der Waals surface area contributed by atoms with E-state index in [2.05, 4.69) is 25.6 Å². The van der Waals surface area contributed by atoms with Gasteiger partial charge in [-0.1, -0.05) is 17.7 Å². The van der Waals surface area contributed by atoms with E-state index in [0.717, 1.165) is 28.3 Å². The predicted octanol–water partition coefficient (Wildman–Crippen LogP) is 2.87. The average Bonchev–Trinajstić information content (AvgIpc) is 3.08. The lowest BCUT2D eigenvalue weighted by atomic mass is 10.2. The zero-order valence-corrected chi connectivity index (χ0v) is 12.5. The van der Waals surface area contributed by atoms with Crippen molar-refractivity contribution in [2.75, 3.05) is 5.32 Å². The number of anilines is 1. The summed E-state index contributed by atoms with van der Waals surface area (Å²) in [5.74, 6) is 0. The molecular formula is C14H15ClN6. The monoisotopic (exact) mass is 302 g/mol. The van der Waals surface area contributed by atoms with Gasteiger partial charge in [-0.15, -0.1) is 0 Å². The maximum Gasteiger partial charge on any atom is 0.138 e. The Labute approximate surface area is 127 Å². The second-order valence-electron chi connectivity index (χ2n) is 4.74. The summed E-state index contributed by atoms with van der Waals surface area (Å²) in [6.45, 7) is 4.65. The van der Waals surface area contributed by atoms with Gasteiger partial charge in [-0.05, 0) is 26.0 Å². The summed E-state index contributed by atoms with van der Waals surface area (Å²) in [7, 11) is 0. The first kappa shape index (κ1) is 13.6. The van der Waals surface area contributed by atoms with Crippen LogP contribution in [0.5, 0.6) is 0 Å². The van der Waals surface area contributed by atoms with Gasteiger partial charge in [0.1, 0.15) is 18.3 Å². The van der Waals surface area contributed by atoms with E-state index in [1.165, 1.54) is 6.33 Å². The van der Waals surface area contributed by atoms with Crippen molar-refractivity contribution in [1.82, 2.24) is 25.0 Å². The average molecular weight is 303 g/mol. The van der Waals surface area contributed by atoms with Gasteiger partial charge in [0.15, 0.2) is 0 Å². The van der Waals surface area contributed by atoms with Gasteiger partial charge in [0.05, 0.1) is 16.4 Å². The van der Waals surface area contributed by atoms with Crippen molar-refractivity contribution >= 4 is 17.3 Å². The second kappa shape index (κ2) is 5.57. The number of para-hydroxylation sites is 1. The molecule has 0 saturated carbocycles. The van der Waals surface area contributed by atoms with E-state index in [-0.39, 0.29) is 0 Å². The highest BCUT2D eigenvalue weighted by Gasteiger charge is 2.11. The summed E-state index contributed by atoms with van der Waals surface area (Å²) in [4.78, 5) is 3.97. The molecule has 0 bridgehead atoms. The Bertz CT molecular complexity index is 727. The fourth-order valence-corrected chi connectivity index (χ4v) is 2.49. The van der Waals surface area contributed by atoms with Crippen LogP contribution in [-0.4, -0.2) is 25.0 Å². The van der Waals surface area contributed by atoms with Crippen molar-refractivity contribution in [3.63, 3.8) is 0 Å². The minimum atomic E-state index is 0.617. The maximum absolute atomic E-state index is 6.30. The van der Waals surface area contributed by atoms with Gasteiger partial charge in [0, 0.05) is 17.8 Å². The van der Waals surface area contributed by atoms with Crippen LogP contribution in [0.15, 0.2) is 30.9 Å². The molecule has 0 aliphatic heterocycles. The molecule has 7 heteroatoms. The fraction of sp³-hybridized carbons (Fsp3) is 0.214. The number of nitrogens with zero attached hydrogens (tertiary/aromatic N) is 4. The molecular weight excluding hydrogens is 288 g/mol. The van der Waals surface area contributed by atoms with E-state index in [0.29, 0.717) is 11.6 Å². The highest BCUT2D eigenvalue weighted by Crippen LogP contribution is 2.28. The molecule has 0 saturated heterocycles. The van der Waals surface area contributed by atoms with Crippen LogP contribution in [0.4, 0.5) is 5.69 Å². The molecule has 0 unspecified atom stereocenters. The maximum atomic E-state index is 6.30. The molecule has 0 atom stereocenters. The number of halogens is 1. The topological polar surface area (TPSA) is 71.4 Å². The smallest absolute Gasteiger partial charge is 0.138 e. The molecule has 6 nitrogen and oxygen atoms in total. The van der Waals surface area contributed by atoms with Crippen LogP contribution in [0.2, 0.25) is 5.02 Å². The Morgan fingerprint density at radius 1 is 1.33 bits per heavy atom. The standard InChI is InChI=1S/C14H15ClN6/c1-9-11(10(2)20-19-9)6-17-13-5-3-4-12(15)14(13)21-8-16-7-18-21/h3-5,7-8,17H,6H2,1-2H3,(H,19,20). The van der Waals surface area contributed by atoms with Crippen LogP contribution >= 0.6 is 11.6 Å². The Kier molecular flexibility index (Phi) is 3.62. The molecule has 0 radical (unpaired) electrons. The molecule has 21 heavy (non-hydrogen) atoms. The third kappa shape index (κ3) is 2.62. The second-order valence-corrected chi connectivity index (χ2v) is 5.15. The zero-order chi connectivity index (χ0) is 14.8. The Morgan fingerprint density at radius 3 is 2.86 bits per heavy atom. The summed E-state index contributed by atoms with van der Waals surface area (Å²) in [6, 6.07) is 5.70. The van der Waals surface area contributed by atoms with Gasteiger partial charge in [0.2, 0.25) is 0 Å². The molecule has 0 aliphatic carbocycles. The normalized spacial score (nSPS) is 10.8. The number of rotatable bonds is 4. The summed E-state index contributed by atoms with van der Waals surface area (Å²) in [6.07, 6.45) is 3.11. The van der Waals surface area contributed by atoms with Crippen molar-refractivity contribution in [3.05, 3.63) is 52.8 Å². The zero-order valence-electron chi connectivity index (χ0n) is 11.8. The third-order valence-corrected chi connectivity index (χ3v) is 3.68. The van der Waals surface area contributed by atoms with Gasteiger partial charge >= 0.3 is 0 Å². The van der Waals surface area contributed by atoms with Crippen LogP contribution in [0.1, 0.15) is 17.0 Å². The first-order chi connectivity index (χ1) is 10.2. The lowest BCUT2D eigenvalue weighted by molar-refractivity contribution is 0.877. The quantitative estimate of drug-likeness (QED) is 0.777. The SMILES string of the molecule is Cc1n[nH]c(C)c1CNc1cccc(Cl)c1-n1cncn1. The van der Waals surface area contributed by atoms with Crippen LogP contribution < -0.4 is 5.32 Å². The molecule has 0 aliphatic rings. The van der Waals surface area contributed by atoms with E-state index in [4.69, 9.17) is 11.6 Å². The molecule has 0 amide bonds. The molecule has 2 aromatic heterocycles. The van der Waals surface area contributed by atoms with Crippen LogP contribution in [-0.2, 0) is 6.54 Å². The number of aryl methyl sites for hydroxylation is 2. The molecule has 3 rings (SSSR count). The summed E-state index contributed by atoms with van der Waals surface area (Å²) >= 11 is 6.30. The van der Waals surface area contributed by atoms with Crippen molar-refractivity contribution in [3.8, 4) is 5.69 Å². The number of H-pyrrole nitrogens is 1. The van der Waals surface area contributed by atoms with E-state index in [9.17, 15) is 0 Å². The summed E-state index contributed by atoms with van der Waals surface area (Å²) < 4.78 is 1.65. The lowest BCUT2D eigenvalue weighted by Gasteiger charge is -2.13. The predicted molar refractivity (Wildman–Crippen MR) is 81.8 cm³/mol. The Hall–Kier alpha value is -2.34. The molecule has 2 heterocycles. The number of aromatic amines is 1. The number of benzene rings is 1. The van der Waals surface area contributed by atoms with Gasteiger partial charge in [0.25, 0.3) is 0 Å². The Morgan fingerprint density at radius 2 is 2.19 bits per heavy atom. The summed E-state index contributed by atoms with van der Waals surface area (Å²) in [5.41, 5.74) is 4.89. The van der Waals surface area contributed by atoms with E-state index < -0.39 is 0 Å². The van der Waals surface area contributed by atoms with Gasteiger partial charge in [-0.2, -0.15) is 10.2 Å². The number of nitrogens with one attached hydrogen (secondary N) is 2. The fourth-order valence-electron chi connectivity index (χ4n) is 2.23. The van der Waals surface area contributed by atoms with E-state index in [1.54, 1.807) is 11.0 Å². The number of aromatic nitrogens is 5. The Balaban J connectivity index is 1.91.